The van der Waals surface area contributed by atoms with Gasteiger partial charge in [0, 0.05) is 36.3 Å². The number of amides is 1. The summed E-state index contributed by atoms with van der Waals surface area (Å²) in [5.41, 5.74) is 2.67. The molecular formula is C33H37N3O5. The summed E-state index contributed by atoms with van der Waals surface area (Å²) in [6.07, 6.45) is 0.960. The second-order valence-electron chi connectivity index (χ2n) is 12.0. The molecule has 1 aromatic heterocycles. The number of nitrogens with zero attached hydrogens (tertiary/aromatic N) is 2. The van der Waals surface area contributed by atoms with E-state index < -0.39 is 0 Å². The van der Waals surface area contributed by atoms with Crippen molar-refractivity contribution in [3.8, 4) is 28.7 Å². The van der Waals surface area contributed by atoms with Crippen LogP contribution in [0.15, 0.2) is 77.2 Å². The third kappa shape index (κ3) is 7.06. The molecule has 1 saturated carbocycles. The van der Waals surface area contributed by atoms with Gasteiger partial charge in [-0.1, -0.05) is 38.1 Å². The number of ether oxygens (including phenoxy) is 3. The maximum Gasteiger partial charge on any atom is 0.407 e. The molecule has 0 bridgehead atoms. The highest BCUT2D eigenvalue weighted by atomic mass is 16.6. The first-order valence-corrected chi connectivity index (χ1v) is 13.9. The van der Waals surface area contributed by atoms with Crippen molar-refractivity contribution in [2.75, 3.05) is 0 Å². The van der Waals surface area contributed by atoms with E-state index >= 15 is 0 Å². The summed E-state index contributed by atoms with van der Waals surface area (Å²) in [4.78, 5) is 11.9. The molecule has 214 valence electrons. The minimum Gasteiger partial charge on any atom is -0.490 e. The molecule has 4 aromatic rings. The van der Waals surface area contributed by atoms with Gasteiger partial charge in [-0.2, -0.15) is 0 Å². The Balaban J connectivity index is 1.13. The summed E-state index contributed by atoms with van der Waals surface area (Å²) in [5.74, 6) is 3.32. The number of aromatic nitrogens is 2. The van der Waals surface area contributed by atoms with Crippen LogP contribution in [0.2, 0.25) is 0 Å². The maximum absolute atomic E-state index is 11.9. The molecule has 0 saturated heterocycles. The quantitative estimate of drug-likeness (QED) is 0.239. The lowest BCUT2D eigenvalue weighted by atomic mass is 9.78. The average molecular weight is 556 g/mol. The fourth-order valence-corrected chi connectivity index (χ4v) is 4.66. The number of hydrogen-bond acceptors (Lipinski definition) is 7. The van der Waals surface area contributed by atoms with Gasteiger partial charge < -0.3 is 23.9 Å². The number of hydrogen-bond donors (Lipinski definition) is 1. The summed E-state index contributed by atoms with van der Waals surface area (Å²) < 4.78 is 23.1. The zero-order chi connectivity index (χ0) is 29.2. The van der Waals surface area contributed by atoms with Crippen molar-refractivity contribution in [1.29, 1.82) is 0 Å². The minimum atomic E-state index is -0.377. The van der Waals surface area contributed by atoms with Crippen LogP contribution in [0.3, 0.4) is 0 Å². The van der Waals surface area contributed by atoms with Crippen LogP contribution in [0, 0.1) is 6.92 Å². The number of rotatable bonds is 8. The monoisotopic (exact) mass is 555 g/mol. The van der Waals surface area contributed by atoms with Crippen LogP contribution in [0.25, 0.3) is 11.5 Å². The summed E-state index contributed by atoms with van der Waals surface area (Å²) in [7, 11) is 0. The van der Waals surface area contributed by atoms with E-state index in [2.05, 4.69) is 53.6 Å². The summed E-state index contributed by atoms with van der Waals surface area (Å²) in [6, 6.07) is 24.0. The third-order valence-electron chi connectivity index (χ3n) is 7.12. The van der Waals surface area contributed by atoms with Crippen LogP contribution in [0.1, 0.15) is 64.5 Å². The Bertz CT molecular complexity index is 1460. The highest BCUT2D eigenvalue weighted by molar-refractivity contribution is 5.68. The van der Waals surface area contributed by atoms with E-state index in [1.54, 1.807) is 6.92 Å². The molecule has 0 radical (unpaired) electrons. The molecule has 8 nitrogen and oxygen atoms in total. The second kappa shape index (κ2) is 11.3. The number of aryl methyl sites for hydroxylation is 1. The standard InChI is InChI=1S/C33H37N3O5/c1-21-35-36-30(38-21)22-7-13-25(14-8-22)39-26-15-9-23(10-16-26)33(5,6)24-11-17-27(18-12-24)40-28-19-29(20-28)41-31(37)34-32(2,3)4/h7-18,28-29H,19-20H2,1-6H3,(H,34,37). The van der Waals surface area contributed by atoms with Crippen molar-refractivity contribution in [1.82, 2.24) is 15.5 Å². The van der Waals surface area contributed by atoms with Crippen LogP contribution >= 0.6 is 0 Å². The minimum absolute atomic E-state index is 0.0491. The van der Waals surface area contributed by atoms with Gasteiger partial charge >= 0.3 is 6.09 Å². The first-order chi connectivity index (χ1) is 19.4. The van der Waals surface area contributed by atoms with Crippen molar-refractivity contribution < 1.29 is 23.4 Å². The molecule has 3 aromatic carbocycles. The van der Waals surface area contributed by atoms with E-state index in [9.17, 15) is 4.79 Å². The van der Waals surface area contributed by atoms with Gasteiger partial charge in [0.15, 0.2) is 0 Å². The van der Waals surface area contributed by atoms with E-state index in [1.807, 2.05) is 69.3 Å². The lowest BCUT2D eigenvalue weighted by molar-refractivity contribution is -0.0243. The van der Waals surface area contributed by atoms with E-state index in [0.29, 0.717) is 24.6 Å². The molecule has 0 atom stereocenters. The summed E-state index contributed by atoms with van der Waals surface area (Å²) in [5, 5.41) is 10.7. The Morgan fingerprint density at radius 1 is 0.780 bits per heavy atom. The molecule has 41 heavy (non-hydrogen) atoms. The second-order valence-corrected chi connectivity index (χ2v) is 12.0. The van der Waals surface area contributed by atoms with E-state index in [-0.39, 0.29) is 29.3 Å². The summed E-state index contributed by atoms with van der Waals surface area (Å²) in [6.45, 7) is 12.0. The van der Waals surface area contributed by atoms with Gasteiger partial charge in [-0.05, 0) is 80.4 Å². The molecule has 0 spiro atoms. The number of carbonyl (C=O) groups is 1. The van der Waals surface area contributed by atoms with Crippen molar-refractivity contribution in [2.45, 2.75) is 77.5 Å². The smallest absolute Gasteiger partial charge is 0.407 e. The first kappa shape index (κ1) is 28.2. The normalized spacial score (nSPS) is 16.9. The lowest BCUT2D eigenvalue weighted by Crippen LogP contribution is -2.46. The van der Waals surface area contributed by atoms with Gasteiger partial charge in [0.05, 0.1) is 0 Å². The highest BCUT2D eigenvalue weighted by Crippen LogP contribution is 2.35. The van der Waals surface area contributed by atoms with Crippen molar-refractivity contribution in [3.05, 3.63) is 89.8 Å². The zero-order valence-electron chi connectivity index (χ0n) is 24.4. The van der Waals surface area contributed by atoms with Crippen molar-refractivity contribution >= 4 is 6.09 Å². The number of benzene rings is 3. The molecule has 1 amide bonds. The van der Waals surface area contributed by atoms with Crippen LogP contribution in [0.5, 0.6) is 17.2 Å². The predicted molar refractivity (Wildman–Crippen MR) is 156 cm³/mol. The molecule has 1 aliphatic rings. The van der Waals surface area contributed by atoms with Crippen LogP contribution in [0.4, 0.5) is 4.79 Å². The average Bonchev–Trinajstić information content (AvgIpc) is 3.33. The molecular weight excluding hydrogens is 518 g/mol. The summed E-state index contributed by atoms with van der Waals surface area (Å²) >= 11 is 0. The molecule has 1 fully saturated rings. The lowest BCUT2D eigenvalue weighted by Gasteiger charge is -2.35. The van der Waals surface area contributed by atoms with Crippen LogP contribution in [-0.4, -0.2) is 34.0 Å². The Labute approximate surface area is 241 Å². The largest absolute Gasteiger partial charge is 0.490 e. The molecule has 1 N–H and O–H groups in total. The molecule has 0 aliphatic heterocycles. The molecule has 5 rings (SSSR count). The Kier molecular flexibility index (Phi) is 7.76. The van der Waals surface area contributed by atoms with E-state index in [4.69, 9.17) is 18.6 Å². The first-order valence-electron chi connectivity index (χ1n) is 13.9. The van der Waals surface area contributed by atoms with Gasteiger partial charge in [0.25, 0.3) is 0 Å². The molecule has 8 heteroatoms. The van der Waals surface area contributed by atoms with Gasteiger partial charge in [0.2, 0.25) is 11.8 Å². The van der Waals surface area contributed by atoms with Crippen LogP contribution in [-0.2, 0) is 10.2 Å². The van der Waals surface area contributed by atoms with Gasteiger partial charge in [-0.3, -0.25) is 0 Å². The number of alkyl carbamates (subject to hydrolysis) is 1. The topological polar surface area (TPSA) is 95.7 Å². The number of carbonyl (C=O) groups excluding carboxylic acids is 1. The number of nitrogens with one attached hydrogen (secondary N) is 1. The zero-order valence-corrected chi connectivity index (χ0v) is 24.4. The van der Waals surface area contributed by atoms with Gasteiger partial charge in [0.1, 0.15) is 29.5 Å². The molecule has 1 aliphatic carbocycles. The molecule has 1 heterocycles. The third-order valence-corrected chi connectivity index (χ3v) is 7.12. The Morgan fingerprint density at radius 2 is 1.32 bits per heavy atom. The van der Waals surface area contributed by atoms with Gasteiger partial charge in [-0.15, -0.1) is 10.2 Å². The fourth-order valence-electron chi connectivity index (χ4n) is 4.66. The molecule has 0 unspecified atom stereocenters. The van der Waals surface area contributed by atoms with E-state index in [1.165, 1.54) is 11.1 Å². The Hall–Kier alpha value is -4.33. The van der Waals surface area contributed by atoms with Crippen LogP contribution < -0.4 is 14.8 Å². The van der Waals surface area contributed by atoms with E-state index in [0.717, 1.165) is 22.8 Å². The fraction of sp³-hybridized carbons (Fsp3) is 0.364. The van der Waals surface area contributed by atoms with Crippen molar-refractivity contribution in [2.24, 2.45) is 0 Å². The maximum atomic E-state index is 11.9. The predicted octanol–water partition coefficient (Wildman–Crippen LogP) is 7.60. The highest BCUT2D eigenvalue weighted by Gasteiger charge is 2.34. The SMILES string of the molecule is Cc1nnc(-c2ccc(Oc3ccc(C(C)(C)c4ccc(OC5CC(OC(=O)NC(C)(C)C)C5)cc4)cc3)cc2)o1. The van der Waals surface area contributed by atoms with Gasteiger partial charge in [-0.25, -0.2) is 4.79 Å². The Morgan fingerprint density at radius 3 is 1.83 bits per heavy atom. The van der Waals surface area contributed by atoms with Crippen molar-refractivity contribution in [3.63, 3.8) is 0 Å².